The van der Waals surface area contributed by atoms with Gasteiger partial charge in [-0.3, -0.25) is 4.79 Å². The van der Waals surface area contributed by atoms with E-state index in [1.165, 1.54) is 26.1 Å². The third-order valence-electron chi connectivity index (χ3n) is 3.60. The fraction of sp³-hybridized carbons (Fsp3) is 0.312. The Labute approximate surface area is 147 Å². The van der Waals surface area contributed by atoms with Crippen LogP contribution in [-0.2, 0) is 11.0 Å². The SMILES string of the molecule is CC(CN(C)C(=O)Nc1cnn(-c2ccccc2)c1C(F)(F)F)C(=O)O. The molecule has 0 aliphatic carbocycles. The van der Waals surface area contributed by atoms with E-state index < -0.39 is 35.5 Å². The lowest BCUT2D eigenvalue weighted by molar-refractivity contribution is -0.142. The Morgan fingerprint density at radius 3 is 2.46 bits per heavy atom. The van der Waals surface area contributed by atoms with Crippen LogP contribution < -0.4 is 5.32 Å². The number of para-hydroxylation sites is 1. The molecule has 0 saturated heterocycles. The van der Waals surface area contributed by atoms with Crippen molar-refractivity contribution < 1.29 is 27.9 Å². The highest BCUT2D eigenvalue weighted by Gasteiger charge is 2.39. The Kier molecular flexibility index (Phi) is 5.53. The first-order chi connectivity index (χ1) is 12.1. The number of aliphatic carboxylic acids is 1. The standard InChI is InChI=1S/C16H17F3N4O3/c1-10(14(24)25)9-22(2)15(26)21-12-8-20-23(13(12)16(17,18)19)11-6-4-3-5-7-11/h3-8,10H,9H2,1-2H3,(H,21,26)(H,24,25). The minimum Gasteiger partial charge on any atom is -0.481 e. The van der Waals surface area contributed by atoms with Gasteiger partial charge in [0.15, 0.2) is 5.69 Å². The molecule has 1 unspecified atom stereocenters. The molecule has 1 aromatic carbocycles. The van der Waals surface area contributed by atoms with E-state index >= 15 is 0 Å². The maximum absolute atomic E-state index is 13.5. The number of carboxylic acid groups (broad SMARTS) is 1. The van der Waals surface area contributed by atoms with Crippen molar-refractivity contribution in [3.63, 3.8) is 0 Å². The van der Waals surface area contributed by atoms with Gasteiger partial charge >= 0.3 is 18.2 Å². The Morgan fingerprint density at radius 1 is 1.31 bits per heavy atom. The summed E-state index contributed by atoms with van der Waals surface area (Å²) in [5.41, 5.74) is -1.45. The lowest BCUT2D eigenvalue weighted by Crippen LogP contribution is -2.37. The van der Waals surface area contributed by atoms with Crippen LogP contribution in [0.2, 0.25) is 0 Å². The number of carbonyl (C=O) groups excluding carboxylic acids is 1. The number of alkyl halides is 3. The molecule has 0 aliphatic rings. The Bertz CT molecular complexity index is 790. The zero-order valence-electron chi connectivity index (χ0n) is 14.0. The summed E-state index contributed by atoms with van der Waals surface area (Å²) in [5.74, 6) is -1.97. The van der Waals surface area contributed by atoms with Crippen molar-refractivity contribution in [3.8, 4) is 5.69 Å². The van der Waals surface area contributed by atoms with Gasteiger partial charge in [0.05, 0.1) is 23.5 Å². The number of carbonyl (C=O) groups is 2. The molecule has 1 aromatic heterocycles. The first-order valence-corrected chi connectivity index (χ1v) is 7.56. The summed E-state index contributed by atoms with van der Waals surface area (Å²) in [7, 11) is 1.30. The predicted molar refractivity (Wildman–Crippen MR) is 87.0 cm³/mol. The van der Waals surface area contributed by atoms with E-state index in [0.29, 0.717) is 4.68 Å². The number of rotatable bonds is 5. The summed E-state index contributed by atoms with van der Waals surface area (Å²) in [6, 6.07) is 6.83. The number of halogens is 3. The zero-order chi connectivity index (χ0) is 19.5. The molecule has 0 aliphatic heterocycles. The van der Waals surface area contributed by atoms with Crippen molar-refractivity contribution in [1.29, 1.82) is 0 Å². The third-order valence-corrected chi connectivity index (χ3v) is 3.60. The summed E-state index contributed by atoms with van der Waals surface area (Å²) in [6.45, 7) is 1.23. The first kappa shape index (κ1) is 19.3. The number of carboxylic acids is 1. The molecule has 0 spiro atoms. The van der Waals surface area contributed by atoms with Gasteiger partial charge in [0.25, 0.3) is 0 Å². The minimum absolute atomic E-state index is 0.157. The molecule has 0 saturated carbocycles. The van der Waals surface area contributed by atoms with E-state index in [9.17, 15) is 22.8 Å². The van der Waals surface area contributed by atoms with E-state index in [2.05, 4.69) is 10.4 Å². The van der Waals surface area contributed by atoms with Crippen molar-refractivity contribution in [2.75, 3.05) is 18.9 Å². The summed E-state index contributed by atoms with van der Waals surface area (Å²) in [4.78, 5) is 24.0. The molecule has 0 bridgehead atoms. The fourth-order valence-electron chi connectivity index (χ4n) is 2.26. The van der Waals surface area contributed by atoms with E-state index in [-0.39, 0.29) is 12.2 Å². The lowest BCUT2D eigenvalue weighted by atomic mass is 10.2. The minimum atomic E-state index is -4.76. The molecule has 0 radical (unpaired) electrons. The van der Waals surface area contributed by atoms with Crippen molar-refractivity contribution >= 4 is 17.7 Å². The molecule has 140 valence electrons. The van der Waals surface area contributed by atoms with E-state index in [4.69, 9.17) is 5.11 Å². The predicted octanol–water partition coefficient (Wildman–Crippen LogP) is 3.08. The number of nitrogens with one attached hydrogen (secondary N) is 1. The van der Waals surface area contributed by atoms with Gasteiger partial charge in [-0.15, -0.1) is 0 Å². The second-order valence-electron chi connectivity index (χ2n) is 5.70. The molecule has 1 atom stereocenters. The number of hydrogen-bond donors (Lipinski definition) is 2. The van der Waals surface area contributed by atoms with Crippen molar-refractivity contribution in [3.05, 3.63) is 42.2 Å². The normalized spacial score (nSPS) is 12.5. The van der Waals surface area contributed by atoms with E-state index in [0.717, 1.165) is 11.1 Å². The summed E-state index contributed by atoms with van der Waals surface area (Å²) in [5, 5.41) is 14.7. The zero-order valence-corrected chi connectivity index (χ0v) is 14.0. The van der Waals surface area contributed by atoms with Crippen LogP contribution in [0.25, 0.3) is 5.69 Å². The van der Waals surface area contributed by atoms with Gasteiger partial charge in [0.2, 0.25) is 0 Å². The monoisotopic (exact) mass is 370 g/mol. The number of aromatic nitrogens is 2. The first-order valence-electron chi connectivity index (χ1n) is 7.56. The molecule has 2 rings (SSSR count). The van der Waals surface area contributed by atoms with Gasteiger partial charge in [-0.2, -0.15) is 18.3 Å². The van der Waals surface area contributed by atoms with Gasteiger partial charge in [-0.25, -0.2) is 9.48 Å². The van der Waals surface area contributed by atoms with Gasteiger partial charge in [0.1, 0.15) is 0 Å². The lowest BCUT2D eigenvalue weighted by Gasteiger charge is -2.20. The largest absolute Gasteiger partial charge is 0.481 e. The number of anilines is 1. The molecular weight excluding hydrogens is 353 g/mol. The molecule has 7 nitrogen and oxygen atoms in total. The summed E-state index contributed by atoms with van der Waals surface area (Å²) < 4.78 is 41.2. The fourth-order valence-corrected chi connectivity index (χ4v) is 2.26. The van der Waals surface area contributed by atoms with Gasteiger partial charge in [0, 0.05) is 13.6 Å². The van der Waals surface area contributed by atoms with Crippen LogP contribution in [0.3, 0.4) is 0 Å². The Hall–Kier alpha value is -3.04. The van der Waals surface area contributed by atoms with Crippen LogP contribution >= 0.6 is 0 Å². The van der Waals surface area contributed by atoms with Crippen LogP contribution in [0, 0.1) is 5.92 Å². The molecule has 0 fully saturated rings. The number of nitrogens with zero attached hydrogens (tertiary/aromatic N) is 3. The van der Waals surface area contributed by atoms with Crippen LogP contribution in [0.4, 0.5) is 23.7 Å². The molecule has 10 heteroatoms. The van der Waals surface area contributed by atoms with Crippen molar-refractivity contribution in [2.45, 2.75) is 13.1 Å². The number of amides is 2. The molecule has 26 heavy (non-hydrogen) atoms. The third kappa shape index (κ3) is 4.32. The average molecular weight is 370 g/mol. The van der Waals surface area contributed by atoms with Crippen LogP contribution in [0.15, 0.2) is 36.5 Å². The smallest absolute Gasteiger partial charge is 0.435 e. The summed E-state index contributed by atoms with van der Waals surface area (Å²) in [6.07, 6.45) is -3.86. The highest BCUT2D eigenvalue weighted by molar-refractivity contribution is 5.90. The highest BCUT2D eigenvalue weighted by atomic mass is 19.4. The van der Waals surface area contributed by atoms with E-state index in [1.807, 2.05) is 0 Å². The van der Waals surface area contributed by atoms with Crippen LogP contribution in [0.5, 0.6) is 0 Å². The molecule has 2 aromatic rings. The molecular formula is C16H17F3N4O3. The number of urea groups is 1. The topological polar surface area (TPSA) is 87.5 Å². The Balaban J connectivity index is 2.29. The van der Waals surface area contributed by atoms with Crippen molar-refractivity contribution in [2.24, 2.45) is 5.92 Å². The maximum Gasteiger partial charge on any atom is 0.435 e. The van der Waals surface area contributed by atoms with Gasteiger partial charge in [-0.05, 0) is 12.1 Å². The van der Waals surface area contributed by atoms with Crippen LogP contribution in [-0.4, -0.2) is 45.4 Å². The van der Waals surface area contributed by atoms with Gasteiger partial charge < -0.3 is 15.3 Å². The average Bonchev–Trinajstić information content (AvgIpc) is 2.99. The molecule has 2 N–H and O–H groups in total. The van der Waals surface area contributed by atoms with E-state index in [1.54, 1.807) is 18.2 Å². The second-order valence-corrected chi connectivity index (χ2v) is 5.70. The second kappa shape index (κ2) is 7.46. The van der Waals surface area contributed by atoms with Gasteiger partial charge in [-0.1, -0.05) is 25.1 Å². The quantitative estimate of drug-likeness (QED) is 0.847. The Morgan fingerprint density at radius 2 is 1.92 bits per heavy atom. The molecule has 2 amide bonds. The highest BCUT2D eigenvalue weighted by Crippen LogP contribution is 2.36. The number of hydrogen-bond acceptors (Lipinski definition) is 3. The summed E-state index contributed by atoms with van der Waals surface area (Å²) >= 11 is 0. The van der Waals surface area contributed by atoms with Crippen molar-refractivity contribution in [1.82, 2.24) is 14.7 Å². The number of benzene rings is 1. The van der Waals surface area contributed by atoms with Crippen LogP contribution in [0.1, 0.15) is 12.6 Å². The molecule has 1 heterocycles. The maximum atomic E-state index is 13.5.